The van der Waals surface area contributed by atoms with Gasteiger partial charge in [0.1, 0.15) is 11.8 Å². The highest BCUT2D eigenvalue weighted by Crippen LogP contribution is 2.16. The van der Waals surface area contributed by atoms with Crippen LogP contribution in [0, 0.1) is 0 Å². The number of carboxylic acid groups (broad SMARTS) is 1. The molecule has 0 saturated carbocycles. The molecular weight excluding hydrogens is 292 g/mol. The summed E-state index contributed by atoms with van der Waals surface area (Å²) >= 11 is 1.64. The molecule has 2 heterocycles. The van der Waals surface area contributed by atoms with Gasteiger partial charge in [0, 0.05) is 26.2 Å². The van der Waals surface area contributed by atoms with Crippen LogP contribution in [0.15, 0.2) is 16.5 Å². The topological polar surface area (TPSA) is 74.0 Å². The van der Waals surface area contributed by atoms with E-state index in [2.05, 4.69) is 0 Å². The van der Waals surface area contributed by atoms with E-state index in [4.69, 9.17) is 9.52 Å². The molecule has 1 unspecified atom stereocenters. The smallest absolute Gasteiger partial charge is 0.320 e. The summed E-state index contributed by atoms with van der Waals surface area (Å²) in [5.41, 5.74) is 0. The molecule has 1 saturated heterocycles. The SMILES string of the molecule is CSCc1ccc(C(=O)N2CCN(C(C)C(=O)O)CC2)o1. The molecule has 0 spiro atoms. The monoisotopic (exact) mass is 312 g/mol. The fourth-order valence-corrected chi connectivity index (χ4v) is 2.78. The standard InChI is InChI=1S/C14H20N2O4S/c1-10(14(18)19)15-5-7-16(8-6-15)13(17)12-4-3-11(20-12)9-21-2/h3-4,10H,5-9H2,1-2H3,(H,18,19). The number of rotatable bonds is 5. The minimum atomic E-state index is -0.831. The van der Waals surface area contributed by atoms with E-state index in [0.717, 1.165) is 11.5 Å². The van der Waals surface area contributed by atoms with Gasteiger partial charge < -0.3 is 14.4 Å². The van der Waals surface area contributed by atoms with Gasteiger partial charge in [0.25, 0.3) is 5.91 Å². The third-order valence-electron chi connectivity index (χ3n) is 3.67. The molecule has 1 N–H and O–H groups in total. The molecule has 1 aromatic heterocycles. The van der Waals surface area contributed by atoms with E-state index in [0.29, 0.717) is 31.9 Å². The van der Waals surface area contributed by atoms with Gasteiger partial charge in [-0.2, -0.15) is 11.8 Å². The molecule has 21 heavy (non-hydrogen) atoms. The lowest BCUT2D eigenvalue weighted by molar-refractivity contribution is -0.143. The fourth-order valence-electron chi connectivity index (χ4n) is 2.34. The first kappa shape index (κ1) is 15.9. The summed E-state index contributed by atoms with van der Waals surface area (Å²) in [6.45, 7) is 3.85. The maximum atomic E-state index is 12.3. The van der Waals surface area contributed by atoms with Gasteiger partial charge in [0.2, 0.25) is 0 Å². The average Bonchev–Trinajstić information content (AvgIpc) is 2.95. The van der Waals surface area contributed by atoms with Gasteiger partial charge in [-0.15, -0.1) is 0 Å². The summed E-state index contributed by atoms with van der Waals surface area (Å²) in [7, 11) is 0. The van der Waals surface area contributed by atoms with Crippen molar-refractivity contribution < 1.29 is 19.1 Å². The number of piperazine rings is 1. The molecule has 2 rings (SSSR count). The lowest BCUT2D eigenvalue weighted by Gasteiger charge is -2.36. The molecule has 0 aliphatic carbocycles. The van der Waals surface area contributed by atoms with Crippen molar-refractivity contribution in [3.8, 4) is 0 Å². The van der Waals surface area contributed by atoms with Crippen LogP contribution in [0.3, 0.4) is 0 Å². The molecule has 1 fully saturated rings. The van der Waals surface area contributed by atoms with Gasteiger partial charge in [-0.3, -0.25) is 14.5 Å². The number of aliphatic carboxylic acids is 1. The van der Waals surface area contributed by atoms with Gasteiger partial charge in [-0.1, -0.05) is 0 Å². The van der Waals surface area contributed by atoms with Crippen molar-refractivity contribution in [1.82, 2.24) is 9.80 Å². The lowest BCUT2D eigenvalue weighted by Crippen LogP contribution is -2.53. The number of thioether (sulfide) groups is 1. The minimum Gasteiger partial charge on any atom is -0.480 e. The minimum absolute atomic E-state index is 0.120. The lowest BCUT2D eigenvalue weighted by atomic mass is 10.2. The van der Waals surface area contributed by atoms with Crippen LogP contribution in [-0.4, -0.2) is 65.3 Å². The molecule has 6 nitrogen and oxygen atoms in total. The van der Waals surface area contributed by atoms with E-state index >= 15 is 0 Å². The summed E-state index contributed by atoms with van der Waals surface area (Å²) in [6, 6.07) is 3.02. The van der Waals surface area contributed by atoms with Crippen molar-refractivity contribution in [2.45, 2.75) is 18.7 Å². The Morgan fingerprint density at radius 3 is 2.57 bits per heavy atom. The second-order valence-corrected chi connectivity index (χ2v) is 5.91. The van der Waals surface area contributed by atoms with Gasteiger partial charge in [-0.25, -0.2) is 0 Å². The number of carbonyl (C=O) groups excluding carboxylic acids is 1. The van der Waals surface area contributed by atoms with E-state index in [9.17, 15) is 9.59 Å². The molecule has 0 radical (unpaired) electrons. The summed E-state index contributed by atoms with van der Waals surface area (Å²) in [4.78, 5) is 26.9. The van der Waals surface area contributed by atoms with Crippen LogP contribution in [0.2, 0.25) is 0 Å². The van der Waals surface area contributed by atoms with E-state index in [-0.39, 0.29) is 5.91 Å². The fraction of sp³-hybridized carbons (Fsp3) is 0.571. The molecule has 0 aromatic carbocycles. The largest absolute Gasteiger partial charge is 0.480 e. The molecule has 1 amide bonds. The quantitative estimate of drug-likeness (QED) is 0.885. The third kappa shape index (κ3) is 3.79. The van der Waals surface area contributed by atoms with Crippen molar-refractivity contribution in [2.75, 3.05) is 32.4 Å². The van der Waals surface area contributed by atoms with Crippen LogP contribution in [0.5, 0.6) is 0 Å². The summed E-state index contributed by atoms with van der Waals surface area (Å²) in [6.07, 6.45) is 1.98. The number of carboxylic acids is 1. The molecule has 1 aliphatic heterocycles. The summed E-state index contributed by atoms with van der Waals surface area (Å²) in [5.74, 6) is 0.951. The number of nitrogens with zero attached hydrogens (tertiary/aromatic N) is 2. The Morgan fingerprint density at radius 1 is 1.33 bits per heavy atom. The molecular formula is C14H20N2O4S. The first-order chi connectivity index (χ1) is 10.0. The Kier molecular flexibility index (Phi) is 5.30. The summed E-state index contributed by atoms with van der Waals surface area (Å²) < 4.78 is 5.53. The maximum Gasteiger partial charge on any atom is 0.320 e. The number of hydrogen-bond donors (Lipinski definition) is 1. The van der Waals surface area contributed by atoms with Crippen LogP contribution in [0.25, 0.3) is 0 Å². The van der Waals surface area contributed by atoms with Crippen LogP contribution in [0.4, 0.5) is 0 Å². The van der Waals surface area contributed by atoms with Crippen LogP contribution in [0.1, 0.15) is 23.2 Å². The van der Waals surface area contributed by atoms with Crippen molar-refractivity contribution in [3.63, 3.8) is 0 Å². The van der Waals surface area contributed by atoms with Crippen molar-refractivity contribution in [3.05, 3.63) is 23.7 Å². The molecule has 1 atom stereocenters. The number of furan rings is 1. The Labute approximate surface area is 128 Å². The third-order valence-corrected chi connectivity index (χ3v) is 4.24. The van der Waals surface area contributed by atoms with E-state index < -0.39 is 12.0 Å². The highest BCUT2D eigenvalue weighted by atomic mass is 32.2. The average molecular weight is 312 g/mol. The number of hydrogen-bond acceptors (Lipinski definition) is 5. The van der Waals surface area contributed by atoms with Gasteiger partial charge >= 0.3 is 5.97 Å². The molecule has 116 valence electrons. The zero-order valence-electron chi connectivity index (χ0n) is 12.2. The van der Waals surface area contributed by atoms with Crippen molar-refractivity contribution >= 4 is 23.6 Å². The van der Waals surface area contributed by atoms with E-state index in [1.807, 2.05) is 17.2 Å². The van der Waals surface area contributed by atoms with E-state index in [1.54, 1.807) is 29.7 Å². The van der Waals surface area contributed by atoms with Gasteiger partial charge in [0.05, 0.1) is 5.75 Å². The first-order valence-corrected chi connectivity index (χ1v) is 8.26. The van der Waals surface area contributed by atoms with Crippen LogP contribution >= 0.6 is 11.8 Å². The molecule has 1 aromatic rings. The Hall–Kier alpha value is -1.47. The highest BCUT2D eigenvalue weighted by Gasteiger charge is 2.28. The molecule has 1 aliphatic rings. The zero-order valence-corrected chi connectivity index (χ0v) is 13.1. The zero-order chi connectivity index (χ0) is 15.4. The Bertz CT molecular complexity index is 509. The Morgan fingerprint density at radius 2 is 2.00 bits per heavy atom. The molecule has 0 bridgehead atoms. The molecule has 7 heteroatoms. The predicted octanol–water partition coefficient (Wildman–Crippen LogP) is 1.37. The predicted molar refractivity (Wildman–Crippen MR) is 80.5 cm³/mol. The Balaban J connectivity index is 1.92. The second-order valence-electron chi connectivity index (χ2n) is 5.04. The number of carbonyl (C=O) groups is 2. The summed E-state index contributed by atoms with van der Waals surface area (Å²) in [5, 5.41) is 9.00. The van der Waals surface area contributed by atoms with Crippen LogP contribution in [-0.2, 0) is 10.5 Å². The van der Waals surface area contributed by atoms with Crippen molar-refractivity contribution in [1.29, 1.82) is 0 Å². The number of amides is 1. The maximum absolute atomic E-state index is 12.3. The van der Waals surface area contributed by atoms with Crippen LogP contribution < -0.4 is 0 Å². The normalized spacial score (nSPS) is 17.7. The second kappa shape index (κ2) is 7.00. The van der Waals surface area contributed by atoms with E-state index in [1.165, 1.54) is 0 Å². The van der Waals surface area contributed by atoms with Gasteiger partial charge in [-0.05, 0) is 25.3 Å². The highest BCUT2D eigenvalue weighted by molar-refractivity contribution is 7.97. The van der Waals surface area contributed by atoms with Gasteiger partial charge in [0.15, 0.2) is 5.76 Å². The first-order valence-electron chi connectivity index (χ1n) is 6.86. The van der Waals surface area contributed by atoms with Crippen molar-refractivity contribution in [2.24, 2.45) is 0 Å².